The van der Waals surface area contributed by atoms with Crippen LogP contribution in [0.15, 0.2) is 17.4 Å². The van der Waals surface area contributed by atoms with E-state index in [9.17, 15) is 43.3 Å². The maximum Gasteiger partial charge on any atom is 0.267 e. The number of ketones is 2. The van der Waals surface area contributed by atoms with Crippen LogP contribution in [0.25, 0.3) is 0 Å². The summed E-state index contributed by atoms with van der Waals surface area (Å²) in [6, 6.07) is 0. The van der Waals surface area contributed by atoms with Gasteiger partial charge in [-0.3, -0.25) is 19.4 Å². The zero-order valence-corrected chi connectivity index (χ0v) is 39.1. The first-order valence-electron chi connectivity index (χ1n) is 17.5. The Hall–Kier alpha value is -3.02. The first-order valence-corrected chi connectivity index (χ1v) is 27.7. The average Bonchev–Trinajstić information content (AvgIpc) is 3.98. The van der Waals surface area contributed by atoms with Gasteiger partial charge in [0.05, 0.1) is 39.1 Å². The number of sulfone groups is 2. The van der Waals surface area contributed by atoms with Crippen LogP contribution >= 0.6 is 45.3 Å². The van der Waals surface area contributed by atoms with Crippen molar-refractivity contribution in [3.8, 4) is 0 Å². The molecule has 32 heteroatoms. The van der Waals surface area contributed by atoms with Gasteiger partial charge in [-0.15, -0.1) is 40.8 Å². The summed E-state index contributed by atoms with van der Waals surface area (Å²) >= 11 is 3.70. The highest BCUT2D eigenvalue weighted by molar-refractivity contribution is 7.93. The molecule has 0 saturated carbocycles. The van der Waals surface area contributed by atoms with E-state index in [1.54, 1.807) is 0 Å². The van der Waals surface area contributed by atoms with Crippen LogP contribution in [-0.4, -0.2) is 161 Å². The third-order valence-corrected chi connectivity index (χ3v) is 16.9. The minimum absolute atomic E-state index is 0.0201. The van der Waals surface area contributed by atoms with Gasteiger partial charge in [-0.05, 0) is 32.4 Å². The van der Waals surface area contributed by atoms with Gasteiger partial charge in [0.15, 0.2) is 11.6 Å². The van der Waals surface area contributed by atoms with Gasteiger partial charge in [0.2, 0.25) is 42.2 Å². The van der Waals surface area contributed by atoms with Crippen molar-refractivity contribution in [3.05, 3.63) is 15.0 Å². The molecule has 336 valence electrons. The summed E-state index contributed by atoms with van der Waals surface area (Å²) in [7, 11) is -14.0. The molecule has 0 amide bonds. The number of aryl methyl sites for hydroxylation is 1. The maximum absolute atomic E-state index is 11.9. The standard InChI is InChI=1S/C11H17N3O3S2.C9H14N4O4S2.C6H10N2O2S2.C2H4N4O2S2/c1-19(16,17)11-13-12-10(18-11)7-9(15)8-14-5-3-2-4-6-14;10-19(15,16)9-12-11-8(18-9)5-7(14)6-13-1-3-17-4-2-13;1-3-4-5-7-8-6(11-5)12(2,9)10;3-1-5-6-2(9-1)10(4,7)8/h2-8H2,1H3;1-6H2,(H2,10,15,16);3-4H2,1-2H3;(H2,3,5)(H2,4,7,8). The van der Waals surface area contributed by atoms with Crippen molar-refractivity contribution in [3.63, 3.8) is 0 Å². The van der Waals surface area contributed by atoms with Crippen molar-refractivity contribution in [1.29, 1.82) is 0 Å². The van der Waals surface area contributed by atoms with Crippen LogP contribution in [0.5, 0.6) is 0 Å². The Balaban J connectivity index is 0.000000221. The number of carbonyl (C=O) groups excluding carboxylic acids is 2. The highest BCUT2D eigenvalue weighted by atomic mass is 32.3. The maximum atomic E-state index is 11.9. The van der Waals surface area contributed by atoms with Crippen LogP contribution in [0.3, 0.4) is 0 Å². The van der Waals surface area contributed by atoms with Crippen molar-refractivity contribution in [2.75, 3.05) is 70.7 Å². The molecule has 0 radical (unpaired) electrons. The number of morpholine rings is 1. The van der Waals surface area contributed by atoms with E-state index in [1.165, 1.54) is 6.42 Å². The topological polar surface area (TPSA) is 368 Å². The molecule has 24 nitrogen and oxygen atoms in total. The van der Waals surface area contributed by atoms with E-state index in [2.05, 4.69) is 45.7 Å². The second kappa shape index (κ2) is 23.4. The molecule has 0 spiro atoms. The van der Waals surface area contributed by atoms with Crippen molar-refractivity contribution in [2.24, 2.45) is 10.3 Å². The molecule has 6 N–H and O–H groups in total. The SMILES string of the molecule is CCCc1nnc(S(C)(=O)=O)s1.CS(=O)(=O)c1nnc(CC(=O)CN2CCCCC2)s1.NS(=O)(=O)c1nnc(CC(=O)CN2CCOCC2)s1.Nc1nnc(S(N)(=O)=O)s1. The average molecular weight is 996 g/mol. The van der Waals surface area contributed by atoms with Gasteiger partial charge in [-0.2, -0.15) is 0 Å². The second-order valence-corrected chi connectivity index (χ2v) is 24.9. The number of rotatable bonds is 14. The summed E-state index contributed by atoms with van der Waals surface area (Å²) in [6.45, 7) is 7.40. The number of nitrogens with zero attached hydrogens (tertiary/aromatic N) is 10. The second-order valence-electron chi connectivity index (χ2n) is 12.8. The van der Waals surface area contributed by atoms with Crippen LogP contribution in [0.2, 0.25) is 0 Å². The molecular formula is C28H45N13O11S8. The Morgan fingerprint density at radius 1 is 0.583 bits per heavy atom. The van der Waals surface area contributed by atoms with Gasteiger partial charge < -0.3 is 10.5 Å². The van der Waals surface area contributed by atoms with Crippen molar-refractivity contribution < 1.29 is 48.0 Å². The van der Waals surface area contributed by atoms with Crippen molar-refractivity contribution in [2.45, 2.75) is 69.2 Å². The lowest BCUT2D eigenvalue weighted by atomic mass is 10.1. The van der Waals surface area contributed by atoms with E-state index < -0.39 is 39.7 Å². The monoisotopic (exact) mass is 995 g/mol. The number of aromatic nitrogens is 8. The van der Waals surface area contributed by atoms with Crippen molar-refractivity contribution >= 4 is 102 Å². The Morgan fingerprint density at radius 2 is 0.983 bits per heavy atom. The minimum Gasteiger partial charge on any atom is -0.379 e. The normalized spacial score (nSPS) is 15.4. The number of sulfonamides is 2. The first-order chi connectivity index (χ1) is 27.9. The molecule has 60 heavy (non-hydrogen) atoms. The van der Waals surface area contributed by atoms with E-state index in [4.69, 9.17) is 20.7 Å². The summed E-state index contributed by atoms with van der Waals surface area (Å²) in [4.78, 5) is 27.8. The number of carbonyl (C=O) groups is 2. The molecule has 0 atom stereocenters. The lowest BCUT2D eigenvalue weighted by Gasteiger charge is -2.25. The highest BCUT2D eigenvalue weighted by Crippen LogP contribution is 2.18. The predicted molar refractivity (Wildman–Crippen MR) is 222 cm³/mol. The number of nitrogen functional groups attached to an aromatic ring is 1. The van der Waals surface area contributed by atoms with Gasteiger partial charge in [-0.25, -0.2) is 43.9 Å². The quantitative estimate of drug-likeness (QED) is 0.134. The van der Waals surface area contributed by atoms with Gasteiger partial charge in [0.1, 0.15) is 15.0 Å². The Bertz CT molecular complexity index is 2360. The molecule has 0 aliphatic carbocycles. The van der Waals surface area contributed by atoms with Crippen LogP contribution in [-0.2, 0) is 73.3 Å². The molecule has 4 aromatic heterocycles. The number of hydrogen-bond acceptors (Lipinski definition) is 26. The van der Waals surface area contributed by atoms with Crippen LogP contribution in [0.4, 0.5) is 5.13 Å². The lowest BCUT2D eigenvalue weighted by Crippen LogP contribution is -2.39. The number of anilines is 1. The van der Waals surface area contributed by atoms with Crippen molar-refractivity contribution in [1.82, 2.24) is 50.6 Å². The minimum atomic E-state index is -3.84. The molecule has 2 aliphatic heterocycles. The molecular weight excluding hydrogens is 951 g/mol. The molecule has 6 rings (SSSR count). The van der Waals surface area contributed by atoms with E-state index in [0.717, 1.165) is 115 Å². The third kappa shape index (κ3) is 18.9. The molecule has 4 aromatic rings. The number of likely N-dealkylation sites (tertiary alicyclic amines) is 1. The molecule has 0 aromatic carbocycles. The Morgan fingerprint density at radius 3 is 1.37 bits per heavy atom. The van der Waals surface area contributed by atoms with Crippen LogP contribution in [0.1, 0.15) is 47.6 Å². The summed E-state index contributed by atoms with van der Waals surface area (Å²) in [6.07, 6.45) is 7.75. The van der Waals surface area contributed by atoms with Gasteiger partial charge in [0, 0.05) is 32.0 Å². The van der Waals surface area contributed by atoms with E-state index in [0.29, 0.717) is 36.3 Å². The van der Waals surface area contributed by atoms with Crippen LogP contribution in [0, 0.1) is 0 Å². The van der Waals surface area contributed by atoms with Crippen LogP contribution < -0.4 is 16.0 Å². The molecule has 0 unspecified atom stereocenters. The molecule has 2 saturated heterocycles. The number of ether oxygens (including phenoxy) is 1. The van der Waals surface area contributed by atoms with Gasteiger partial charge >= 0.3 is 0 Å². The fourth-order valence-corrected chi connectivity index (χ4v) is 10.9. The molecule has 0 bridgehead atoms. The van der Waals surface area contributed by atoms with E-state index >= 15 is 0 Å². The number of hydrogen-bond donors (Lipinski definition) is 3. The lowest BCUT2D eigenvalue weighted by molar-refractivity contribution is -0.121. The summed E-state index contributed by atoms with van der Waals surface area (Å²) in [5, 5.41) is 39.7. The van der Waals surface area contributed by atoms with E-state index in [-0.39, 0.29) is 46.9 Å². The highest BCUT2D eigenvalue weighted by Gasteiger charge is 2.21. The number of primary sulfonamides is 2. The fraction of sp³-hybridized carbons (Fsp3) is 0.643. The smallest absolute Gasteiger partial charge is 0.267 e. The number of nitrogens with two attached hydrogens (primary N) is 3. The summed E-state index contributed by atoms with van der Waals surface area (Å²) < 4.78 is 92.2. The van der Waals surface area contributed by atoms with Gasteiger partial charge in [0.25, 0.3) is 20.0 Å². The summed E-state index contributed by atoms with van der Waals surface area (Å²) in [5.41, 5.74) is 5.10. The number of piperidine rings is 1. The summed E-state index contributed by atoms with van der Waals surface area (Å²) in [5.74, 6) is 0.0390. The van der Waals surface area contributed by atoms with E-state index in [1.807, 2.05) is 11.8 Å². The zero-order valence-electron chi connectivity index (χ0n) is 32.6. The third-order valence-electron chi connectivity index (χ3n) is 7.40. The Labute approximate surface area is 363 Å². The fourth-order valence-electron chi connectivity index (χ4n) is 4.75. The van der Waals surface area contributed by atoms with Gasteiger partial charge in [-0.1, -0.05) is 58.7 Å². The molecule has 2 aliphatic rings. The predicted octanol–water partition coefficient (Wildman–Crippen LogP) is -1.17. The largest absolute Gasteiger partial charge is 0.379 e. The zero-order chi connectivity index (χ0) is 44.7. The Kier molecular flexibility index (Phi) is 20.0. The number of Topliss-reactive ketones (excluding diaryl/α,β-unsaturated/α-hetero) is 2. The molecule has 2 fully saturated rings. The first kappa shape index (κ1) is 51.3. The molecule has 6 heterocycles.